The van der Waals surface area contributed by atoms with Gasteiger partial charge in [-0.2, -0.15) is 0 Å². The molecule has 0 aromatic rings. The maximum absolute atomic E-state index is 12.3. The van der Waals surface area contributed by atoms with Gasteiger partial charge in [0, 0.05) is 19.0 Å². The molecule has 0 aromatic carbocycles. The van der Waals surface area contributed by atoms with Crippen molar-refractivity contribution in [3.8, 4) is 0 Å². The molecule has 3 unspecified atom stereocenters. The Kier molecular flexibility index (Phi) is 5.64. The highest BCUT2D eigenvalue weighted by Gasteiger charge is 2.27. The Labute approximate surface area is 116 Å². The number of hydrogen-bond acceptors (Lipinski definition) is 3. The normalized spacial score (nSPS) is 32.3. The van der Waals surface area contributed by atoms with Crippen molar-refractivity contribution in [3.05, 3.63) is 0 Å². The molecule has 0 spiro atoms. The van der Waals surface area contributed by atoms with Crippen LogP contribution >= 0.6 is 0 Å². The van der Waals surface area contributed by atoms with E-state index in [2.05, 4.69) is 0 Å². The highest BCUT2D eigenvalue weighted by atomic mass is 16.3. The van der Waals surface area contributed by atoms with Crippen molar-refractivity contribution in [2.75, 3.05) is 13.2 Å². The third-order valence-corrected chi connectivity index (χ3v) is 4.75. The van der Waals surface area contributed by atoms with Gasteiger partial charge in [-0.05, 0) is 44.4 Å². The van der Waals surface area contributed by atoms with E-state index >= 15 is 0 Å². The van der Waals surface area contributed by atoms with Crippen molar-refractivity contribution in [2.45, 2.75) is 69.9 Å². The Morgan fingerprint density at radius 3 is 2.79 bits per heavy atom. The molecular formula is C15H28N2O2. The van der Waals surface area contributed by atoms with Crippen LogP contribution in [0.3, 0.4) is 0 Å². The lowest BCUT2D eigenvalue weighted by Crippen LogP contribution is -2.45. The fraction of sp³-hybridized carbons (Fsp3) is 0.933. The Bertz CT molecular complexity index is 296. The van der Waals surface area contributed by atoms with E-state index in [9.17, 15) is 9.90 Å². The molecule has 3 atom stereocenters. The maximum Gasteiger partial charge on any atom is 0.222 e. The van der Waals surface area contributed by atoms with Gasteiger partial charge < -0.3 is 15.7 Å². The molecule has 2 fully saturated rings. The van der Waals surface area contributed by atoms with Gasteiger partial charge in [-0.15, -0.1) is 0 Å². The SMILES string of the molecule is NC1CCCC(CCC(=O)N2CCCCC2CO)C1. The monoisotopic (exact) mass is 268 g/mol. The number of carbonyl (C=O) groups is 1. The first-order valence-electron chi connectivity index (χ1n) is 7.86. The van der Waals surface area contributed by atoms with Crippen molar-refractivity contribution in [1.82, 2.24) is 4.90 Å². The molecule has 3 N–H and O–H groups in total. The van der Waals surface area contributed by atoms with E-state index in [-0.39, 0.29) is 18.6 Å². The van der Waals surface area contributed by atoms with Gasteiger partial charge in [-0.1, -0.05) is 12.8 Å². The van der Waals surface area contributed by atoms with Gasteiger partial charge in [0.25, 0.3) is 0 Å². The molecule has 0 bridgehead atoms. The highest BCUT2D eigenvalue weighted by Crippen LogP contribution is 2.27. The Balaban J connectivity index is 1.76. The predicted octanol–water partition coefficient (Wildman–Crippen LogP) is 1.66. The van der Waals surface area contributed by atoms with Gasteiger partial charge in [0.15, 0.2) is 0 Å². The van der Waals surface area contributed by atoms with E-state index in [1.54, 1.807) is 0 Å². The summed E-state index contributed by atoms with van der Waals surface area (Å²) >= 11 is 0. The number of nitrogens with zero attached hydrogens (tertiary/aromatic N) is 1. The van der Waals surface area contributed by atoms with Crippen LogP contribution in [-0.4, -0.2) is 41.1 Å². The van der Waals surface area contributed by atoms with Crippen LogP contribution in [0.4, 0.5) is 0 Å². The molecule has 4 heteroatoms. The van der Waals surface area contributed by atoms with Gasteiger partial charge in [0.2, 0.25) is 5.91 Å². The Morgan fingerprint density at radius 1 is 1.21 bits per heavy atom. The van der Waals surface area contributed by atoms with E-state index in [1.165, 1.54) is 12.8 Å². The first kappa shape index (κ1) is 14.8. The molecular weight excluding hydrogens is 240 g/mol. The largest absolute Gasteiger partial charge is 0.394 e. The molecule has 1 saturated heterocycles. The number of aliphatic hydroxyl groups excluding tert-OH is 1. The lowest BCUT2D eigenvalue weighted by molar-refractivity contribution is -0.136. The number of piperidine rings is 1. The zero-order valence-corrected chi connectivity index (χ0v) is 11.9. The van der Waals surface area contributed by atoms with Gasteiger partial charge in [-0.25, -0.2) is 0 Å². The minimum absolute atomic E-state index is 0.0647. The number of aliphatic hydroxyl groups is 1. The lowest BCUT2D eigenvalue weighted by atomic mass is 9.83. The van der Waals surface area contributed by atoms with E-state index in [0.29, 0.717) is 18.4 Å². The minimum atomic E-state index is 0.0647. The number of amides is 1. The summed E-state index contributed by atoms with van der Waals surface area (Å²) in [6, 6.07) is 0.406. The van der Waals surface area contributed by atoms with Gasteiger partial charge in [-0.3, -0.25) is 4.79 Å². The van der Waals surface area contributed by atoms with Crippen molar-refractivity contribution >= 4 is 5.91 Å². The van der Waals surface area contributed by atoms with Crippen molar-refractivity contribution in [2.24, 2.45) is 11.7 Å². The fourth-order valence-corrected chi connectivity index (χ4v) is 3.58. The molecule has 1 amide bonds. The van der Waals surface area contributed by atoms with Crippen molar-refractivity contribution in [1.29, 1.82) is 0 Å². The molecule has 0 radical (unpaired) electrons. The molecule has 1 aliphatic carbocycles. The van der Waals surface area contributed by atoms with Crippen LogP contribution in [0, 0.1) is 5.92 Å². The number of carbonyl (C=O) groups excluding carboxylic acids is 1. The van der Waals surface area contributed by atoms with Gasteiger partial charge >= 0.3 is 0 Å². The summed E-state index contributed by atoms with van der Waals surface area (Å²) in [6.07, 6.45) is 9.43. The van der Waals surface area contributed by atoms with Crippen LogP contribution in [0.2, 0.25) is 0 Å². The van der Waals surface area contributed by atoms with E-state index in [0.717, 1.165) is 45.1 Å². The van der Waals surface area contributed by atoms with E-state index in [4.69, 9.17) is 5.73 Å². The second-order valence-electron chi connectivity index (χ2n) is 6.25. The van der Waals surface area contributed by atoms with Crippen LogP contribution in [-0.2, 0) is 4.79 Å². The summed E-state index contributed by atoms with van der Waals surface area (Å²) in [5.41, 5.74) is 5.99. The quantitative estimate of drug-likeness (QED) is 0.815. The summed E-state index contributed by atoms with van der Waals surface area (Å²) in [6.45, 7) is 0.939. The highest BCUT2D eigenvalue weighted by molar-refractivity contribution is 5.76. The summed E-state index contributed by atoms with van der Waals surface area (Å²) < 4.78 is 0. The molecule has 19 heavy (non-hydrogen) atoms. The third kappa shape index (κ3) is 4.18. The van der Waals surface area contributed by atoms with E-state index < -0.39 is 0 Å². The summed E-state index contributed by atoms with van der Waals surface area (Å²) in [5, 5.41) is 9.35. The molecule has 0 aromatic heterocycles. The van der Waals surface area contributed by atoms with Crippen molar-refractivity contribution < 1.29 is 9.90 Å². The van der Waals surface area contributed by atoms with Crippen molar-refractivity contribution in [3.63, 3.8) is 0 Å². The molecule has 4 nitrogen and oxygen atoms in total. The predicted molar refractivity (Wildman–Crippen MR) is 75.6 cm³/mol. The summed E-state index contributed by atoms with van der Waals surface area (Å²) in [7, 11) is 0. The topological polar surface area (TPSA) is 66.6 Å². The Morgan fingerprint density at radius 2 is 2.05 bits per heavy atom. The van der Waals surface area contributed by atoms with Crippen LogP contribution in [0.5, 0.6) is 0 Å². The molecule has 1 heterocycles. The third-order valence-electron chi connectivity index (χ3n) is 4.75. The number of nitrogens with two attached hydrogens (primary N) is 1. The molecule has 110 valence electrons. The average molecular weight is 268 g/mol. The first-order valence-corrected chi connectivity index (χ1v) is 7.86. The first-order chi connectivity index (χ1) is 9.20. The molecule has 1 saturated carbocycles. The van der Waals surface area contributed by atoms with Gasteiger partial charge in [0.05, 0.1) is 12.6 Å². The zero-order chi connectivity index (χ0) is 13.7. The summed E-state index contributed by atoms with van der Waals surface area (Å²) in [4.78, 5) is 14.2. The zero-order valence-electron chi connectivity index (χ0n) is 11.9. The second kappa shape index (κ2) is 7.25. The molecule has 2 aliphatic rings. The maximum atomic E-state index is 12.3. The number of rotatable bonds is 4. The van der Waals surface area contributed by atoms with Crippen LogP contribution in [0.25, 0.3) is 0 Å². The summed E-state index contributed by atoms with van der Waals surface area (Å²) in [5.74, 6) is 0.864. The molecule has 1 aliphatic heterocycles. The number of hydrogen-bond donors (Lipinski definition) is 2. The standard InChI is InChI=1S/C15H28N2O2/c16-13-5-3-4-12(10-13)7-8-15(19)17-9-2-1-6-14(17)11-18/h12-14,18H,1-11,16H2. The number of likely N-dealkylation sites (tertiary alicyclic amines) is 1. The van der Waals surface area contributed by atoms with Gasteiger partial charge in [0.1, 0.15) is 0 Å². The molecule has 2 rings (SSSR count). The van der Waals surface area contributed by atoms with Crippen LogP contribution in [0.1, 0.15) is 57.8 Å². The average Bonchev–Trinajstić information content (AvgIpc) is 2.45. The second-order valence-corrected chi connectivity index (χ2v) is 6.25. The van der Waals surface area contributed by atoms with Crippen LogP contribution < -0.4 is 5.73 Å². The Hall–Kier alpha value is -0.610. The lowest BCUT2D eigenvalue weighted by Gasteiger charge is -2.35. The van der Waals surface area contributed by atoms with E-state index in [1.807, 2.05) is 4.90 Å². The smallest absolute Gasteiger partial charge is 0.222 e. The minimum Gasteiger partial charge on any atom is -0.394 e. The fourth-order valence-electron chi connectivity index (χ4n) is 3.58. The van der Waals surface area contributed by atoms with Crippen LogP contribution in [0.15, 0.2) is 0 Å².